The Morgan fingerprint density at radius 3 is 2.60 bits per heavy atom. The fourth-order valence-electron chi connectivity index (χ4n) is 5.51. The van der Waals surface area contributed by atoms with Crippen LogP contribution in [-0.4, -0.2) is 36.9 Å². The third kappa shape index (κ3) is 2.33. The number of rotatable bonds is 1. The molecule has 152 valence electrons. The molecule has 1 aromatic carbocycles. The van der Waals surface area contributed by atoms with Gasteiger partial charge in [-0.05, 0) is 48.1 Å². The highest BCUT2D eigenvalue weighted by Crippen LogP contribution is 2.46. The third-order valence-corrected chi connectivity index (χ3v) is 8.60. The number of H-pyrrole nitrogens is 1. The van der Waals surface area contributed by atoms with Gasteiger partial charge in [0.05, 0.1) is 15.8 Å². The zero-order chi connectivity index (χ0) is 20.7. The van der Waals surface area contributed by atoms with Gasteiger partial charge < -0.3 is 15.2 Å². The van der Waals surface area contributed by atoms with Crippen molar-refractivity contribution in [1.29, 1.82) is 5.26 Å². The number of fused-ring (bicyclic) bond motifs is 4. The fraction of sp³-hybridized carbons (Fsp3) is 0.417. The van der Waals surface area contributed by atoms with Crippen LogP contribution in [0, 0.1) is 16.7 Å². The molecule has 2 aliphatic heterocycles. The summed E-state index contributed by atoms with van der Waals surface area (Å²) in [6.45, 7) is 8.86. The van der Waals surface area contributed by atoms with Gasteiger partial charge in [-0.15, -0.1) is 11.3 Å². The molecule has 0 bridgehead atoms. The number of aromatic amines is 1. The van der Waals surface area contributed by atoms with Crippen LogP contribution in [0.1, 0.15) is 58.7 Å². The van der Waals surface area contributed by atoms with E-state index in [1.54, 1.807) is 0 Å². The molecule has 6 heteroatoms. The Balaban J connectivity index is 1.41. The lowest BCUT2D eigenvalue weighted by molar-refractivity contribution is 0.103. The van der Waals surface area contributed by atoms with Crippen molar-refractivity contribution in [3.05, 3.63) is 51.5 Å². The van der Waals surface area contributed by atoms with Crippen molar-refractivity contribution in [3.63, 3.8) is 0 Å². The van der Waals surface area contributed by atoms with Crippen LogP contribution in [0.2, 0.25) is 0 Å². The Kier molecular flexibility index (Phi) is 3.61. The van der Waals surface area contributed by atoms with E-state index in [0.29, 0.717) is 10.3 Å². The van der Waals surface area contributed by atoms with E-state index < -0.39 is 0 Å². The number of ketones is 1. The number of carbonyl (C=O) groups is 1. The van der Waals surface area contributed by atoms with Gasteiger partial charge in [-0.2, -0.15) is 5.26 Å². The summed E-state index contributed by atoms with van der Waals surface area (Å²) in [7, 11) is 0. The molecule has 1 spiro atoms. The predicted molar refractivity (Wildman–Crippen MR) is 120 cm³/mol. The topological polar surface area (TPSA) is 71.9 Å². The van der Waals surface area contributed by atoms with Crippen molar-refractivity contribution in [2.75, 3.05) is 31.1 Å². The summed E-state index contributed by atoms with van der Waals surface area (Å²) in [5.74, 6) is 0.0709. The van der Waals surface area contributed by atoms with Gasteiger partial charge in [0.15, 0.2) is 5.78 Å². The summed E-state index contributed by atoms with van der Waals surface area (Å²) in [4.78, 5) is 20.1. The highest BCUT2D eigenvalue weighted by Gasteiger charge is 2.42. The average Bonchev–Trinajstić information content (AvgIpc) is 3.29. The first-order chi connectivity index (χ1) is 14.4. The molecular weight excluding hydrogens is 392 g/mol. The van der Waals surface area contributed by atoms with Crippen LogP contribution in [0.25, 0.3) is 10.2 Å². The lowest BCUT2D eigenvalue weighted by atomic mass is 9.71. The van der Waals surface area contributed by atoms with Crippen molar-refractivity contribution in [2.24, 2.45) is 5.41 Å². The van der Waals surface area contributed by atoms with Crippen LogP contribution in [-0.2, 0) is 5.41 Å². The van der Waals surface area contributed by atoms with E-state index in [1.807, 2.05) is 12.1 Å². The fourth-order valence-corrected chi connectivity index (χ4v) is 6.46. The number of nitrogens with zero attached hydrogens (tertiary/aromatic N) is 2. The number of carbonyl (C=O) groups excluding carboxylic acids is 1. The number of anilines is 1. The molecule has 0 unspecified atom stereocenters. The van der Waals surface area contributed by atoms with Gasteiger partial charge in [0.25, 0.3) is 0 Å². The molecule has 0 atom stereocenters. The van der Waals surface area contributed by atoms with Crippen molar-refractivity contribution >= 4 is 33.0 Å². The molecule has 2 N–H and O–H groups in total. The molecule has 3 aliphatic rings. The molecule has 2 aromatic heterocycles. The molecule has 0 amide bonds. The number of aromatic nitrogens is 1. The quantitative estimate of drug-likeness (QED) is 0.625. The Hall–Kier alpha value is -2.62. The van der Waals surface area contributed by atoms with Crippen molar-refractivity contribution < 1.29 is 4.79 Å². The summed E-state index contributed by atoms with van der Waals surface area (Å²) in [5, 5.41) is 12.7. The highest BCUT2D eigenvalue weighted by molar-refractivity contribution is 7.20. The Labute approximate surface area is 179 Å². The van der Waals surface area contributed by atoms with Crippen LogP contribution < -0.4 is 10.2 Å². The summed E-state index contributed by atoms with van der Waals surface area (Å²) in [6.07, 6.45) is 2.47. The number of piperidine rings is 1. The smallest absolute Gasteiger partial charge is 0.196 e. The van der Waals surface area contributed by atoms with Crippen molar-refractivity contribution in [2.45, 2.75) is 32.1 Å². The lowest BCUT2D eigenvalue weighted by Gasteiger charge is -2.49. The highest BCUT2D eigenvalue weighted by atomic mass is 32.1. The van der Waals surface area contributed by atoms with Crippen LogP contribution in [0.3, 0.4) is 0 Å². The number of hydrogen-bond donors (Lipinski definition) is 2. The Morgan fingerprint density at radius 2 is 1.93 bits per heavy atom. The maximum absolute atomic E-state index is 13.5. The molecule has 0 saturated carbocycles. The first-order valence-electron chi connectivity index (χ1n) is 10.6. The second-order valence-electron chi connectivity index (χ2n) is 9.61. The van der Waals surface area contributed by atoms with Gasteiger partial charge in [-0.25, -0.2) is 0 Å². The van der Waals surface area contributed by atoms with E-state index in [4.69, 9.17) is 0 Å². The molecule has 30 heavy (non-hydrogen) atoms. The van der Waals surface area contributed by atoms with Gasteiger partial charge in [-0.3, -0.25) is 4.79 Å². The van der Waals surface area contributed by atoms with Crippen LogP contribution in [0.5, 0.6) is 0 Å². The number of hydrogen-bond acceptors (Lipinski definition) is 5. The summed E-state index contributed by atoms with van der Waals surface area (Å²) >= 11 is 1.40. The Bertz CT molecular complexity index is 1240. The van der Waals surface area contributed by atoms with E-state index in [9.17, 15) is 10.1 Å². The maximum Gasteiger partial charge on any atom is 0.196 e. The zero-order valence-corrected chi connectivity index (χ0v) is 18.1. The van der Waals surface area contributed by atoms with Gasteiger partial charge >= 0.3 is 0 Å². The van der Waals surface area contributed by atoms with E-state index in [1.165, 1.54) is 29.9 Å². The number of thiophene rings is 1. The van der Waals surface area contributed by atoms with Crippen LogP contribution >= 0.6 is 11.3 Å². The maximum atomic E-state index is 13.5. The third-order valence-electron chi connectivity index (χ3n) is 7.54. The van der Waals surface area contributed by atoms with E-state index in [2.05, 4.69) is 47.3 Å². The largest absolute Gasteiger partial charge is 0.371 e. The van der Waals surface area contributed by atoms with E-state index in [-0.39, 0.29) is 11.2 Å². The standard InChI is InChI=1S/C24H24N4OS/c1-23(2)17-9-14(28-7-5-24(6-8-28)12-26-13-24)3-4-16(17)20(29)19-21-18(27-22(19)23)10-15(11-25)30-21/h3-4,9-10,26-27H,5-8,12-13H2,1-2H3. The first kappa shape index (κ1) is 18.2. The average molecular weight is 417 g/mol. The van der Waals surface area contributed by atoms with Crippen LogP contribution in [0.15, 0.2) is 24.3 Å². The molecular formula is C24H24N4OS. The minimum Gasteiger partial charge on any atom is -0.371 e. The number of nitriles is 1. The number of nitrogens with one attached hydrogen (secondary N) is 2. The van der Waals surface area contributed by atoms with Crippen molar-refractivity contribution in [3.8, 4) is 6.07 Å². The second-order valence-corrected chi connectivity index (χ2v) is 10.7. The SMILES string of the molecule is CC1(C)c2cc(N3CCC4(CC3)CNC4)ccc2C(=O)c2c1[nH]c1cc(C#N)sc21. The molecule has 3 aromatic rings. The molecule has 6 rings (SSSR count). The van der Waals surface area contributed by atoms with Gasteiger partial charge in [0, 0.05) is 48.5 Å². The minimum atomic E-state index is -0.297. The van der Waals surface area contributed by atoms with Gasteiger partial charge in [0.2, 0.25) is 0 Å². The molecule has 4 heterocycles. The van der Waals surface area contributed by atoms with Gasteiger partial charge in [-0.1, -0.05) is 13.8 Å². The lowest BCUT2D eigenvalue weighted by Crippen LogP contribution is -2.58. The number of benzene rings is 1. The van der Waals surface area contributed by atoms with Crippen LogP contribution in [0.4, 0.5) is 5.69 Å². The van der Waals surface area contributed by atoms with E-state index >= 15 is 0 Å². The molecule has 0 radical (unpaired) electrons. The minimum absolute atomic E-state index is 0.0709. The van der Waals surface area contributed by atoms with E-state index in [0.717, 1.165) is 58.8 Å². The predicted octanol–water partition coefficient (Wildman–Crippen LogP) is 4.16. The monoisotopic (exact) mass is 416 g/mol. The summed E-state index contributed by atoms with van der Waals surface area (Å²) < 4.78 is 0.907. The zero-order valence-electron chi connectivity index (χ0n) is 17.3. The summed E-state index contributed by atoms with van der Waals surface area (Å²) in [6, 6.07) is 10.4. The normalized spacial score (nSPS) is 21.2. The summed E-state index contributed by atoms with van der Waals surface area (Å²) in [5.41, 5.74) is 5.95. The molecule has 5 nitrogen and oxygen atoms in total. The Morgan fingerprint density at radius 1 is 1.17 bits per heavy atom. The molecule has 2 saturated heterocycles. The molecule has 1 aliphatic carbocycles. The van der Waals surface area contributed by atoms with Gasteiger partial charge in [0.1, 0.15) is 10.9 Å². The second kappa shape index (κ2) is 5.96. The molecule has 2 fully saturated rings. The van der Waals surface area contributed by atoms with Crippen molar-refractivity contribution in [1.82, 2.24) is 10.3 Å². The first-order valence-corrected chi connectivity index (χ1v) is 11.4.